The lowest BCUT2D eigenvalue weighted by Gasteiger charge is -1.92. The van der Waals surface area contributed by atoms with Crippen molar-refractivity contribution in [2.45, 2.75) is 0 Å². The number of methoxy groups -OCH3 is 1. The summed E-state index contributed by atoms with van der Waals surface area (Å²) in [5, 5.41) is 1.99. The van der Waals surface area contributed by atoms with Gasteiger partial charge in [0.15, 0.2) is 6.29 Å². The second-order valence-corrected chi connectivity index (χ2v) is 3.71. The van der Waals surface area contributed by atoms with Gasteiger partial charge in [0.2, 0.25) is 0 Å². The molecule has 0 aliphatic heterocycles. The molecule has 0 radical (unpaired) electrons. The molecule has 0 aliphatic carbocycles. The van der Waals surface area contributed by atoms with E-state index in [0.29, 0.717) is 11.4 Å². The normalized spacial score (nSPS) is 10.1. The Bertz CT molecular complexity index is 431. The Balaban J connectivity index is 2.46. The van der Waals surface area contributed by atoms with Crippen LogP contribution in [0.25, 0.3) is 10.6 Å². The summed E-state index contributed by atoms with van der Waals surface area (Å²) in [5.41, 5.74) is 1.40. The first-order valence-corrected chi connectivity index (χ1v) is 4.99. The van der Waals surface area contributed by atoms with Gasteiger partial charge >= 0.3 is 0 Å². The van der Waals surface area contributed by atoms with E-state index < -0.39 is 0 Å². The molecule has 72 valence electrons. The van der Waals surface area contributed by atoms with E-state index in [0.717, 1.165) is 16.9 Å². The Morgan fingerprint density at radius 2 is 2.43 bits per heavy atom. The Morgan fingerprint density at radius 3 is 2.93 bits per heavy atom. The lowest BCUT2D eigenvalue weighted by Crippen LogP contribution is -1.85. The van der Waals surface area contributed by atoms with E-state index in [4.69, 9.17) is 4.74 Å². The number of ether oxygens (including phenoxy) is 1. The number of hydrogen-bond donors (Lipinski definition) is 1. The molecule has 0 bridgehead atoms. The third-order valence-electron chi connectivity index (χ3n) is 1.93. The summed E-state index contributed by atoms with van der Waals surface area (Å²) in [5.74, 6) is 0.586. The van der Waals surface area contributed by atoms with Gasteiger partial charge in [0.05, 0.1) is 17.7 Å². The fourth-order valence-electron chi connectivity index (χ4n) is 1.27. The number of thiophene rings is 1. The number of carbonyl (C=O) groups is 1. The highest BCUT2D eigenvalue weighted by Gasteiger charge is 2.09. The van der Waals surface area contributed by atoms with E-state index in [1.54, 1.807) is 18.4 Å². The number of nitrogens with one attached hydrogen (secondary N) is 1. The number of aromatic nitrogens is 1. The Labute approximate surface area is 85.3 Å². The van der Waals surface area contributed by atoms with Crippen LogP contribution in [0.2, 0.25) is 0 Å². The minimum absolute atomic E-state index is 0.482. The predicted molar refractivity (Wildman–Crippen MR) is 56.0 cm³/mol. The van der Waals surface area contributed by atoms with Crippen molar-refractivity contribution in [1.82, 2.24) is 4.98 Å². The van der Waals surface area contributed by atoms with Crippen LogP contribution in [0.5, 0.6) is 5.75 Å². The largest absolute Gasteiger partial charge is 0.494 e. The highest BCUT2D eigenvalue weighted by atomic mass is 32.1. The first kappa shape index (κ1) is 9.02. The van der Waals surface area contributed by atoms with E-state index in [1.807, 2.05) is 23.6 Å². The number of hydrogen-bond acceptors (Lipinski definition) is 3. The molecule has 0 aliphatic rings. The van der Waals surface area contributed by atoms with E-state index in [1.165, 1.54) is 0 Å². The first-order chi connectivity index (χ1) is 6.85. The highest BCUT2D eigenvalue weighted by Crippen LogP contribution is 2.28. The molecule has 0 spiro atoms. The van der Waals surface area contributed by atoms with Gasteiger partial charge in [0.1, 0.15) is 11.4 Å². The average Bonchev–Trinajstić information content (AvgIpc) is 2.85. The molecule has 0 amide bonds. The van der Waals surface area contributed by atoms with E-state index in [9.17, 15) is 4.79 Å². The smallest absolute Gasteiger partial charge is 0.170 e. The van der Waals surface area contributed by atoms with Crippen LogP contribution in [0.3, 0.4) is 0 Å². The van der Waals surface area contributed by atoms with Gasteiger partial charge in [-0.2, -0.15) is 0 Å². The summed E-state index contributed by atoms with van der Waals surface area (Å²) < 4.78 is 5.06. The molecule has 0 saturated carbocycles. The van der Waals surface area contributed by atoms with E-state index in [-0.39, 0.29) is 0 Å². The van der Waals surface area contributed by atoms with Crippen LogP contribution in [0.1, 0.15) is 10.5 Å². The zero-order valence-corrected chi connectivity index (χ0v) is 8.43. The summed E-state index contributed by atoms with van der Waals surface area (Å²) >= 11 is 1.62. The summed E-state index contributed by atoms with van der Waals surface area (Å²) in [7, 11) is 1.55. The fraction of sp³-hybridized carbons (Fsp3) is 0.100. The van der Waals surface area contributed by atoms with Gasteiger partial charge < -0.3 is 9.72 Å². The second kappa shape index (κ2) is 3.67. The van der Waals surface area contributed by atoms with Gasteiger partial charge in [-0.15, -0.1) is 11.3 Å². The predicted octanol–water partition coefficient (Wildman–Crippen LogP) is 2.56. The van der Waals surface area contributed by atoms with Crippen molar-refractivity contribution in [3.05, 3.63) is 29.3 Å². The van der Waals surface area contributed by atoms with Gasteiger partial charge in [-0.1, -0.05) is 6.07 Å². The summed E-state index contributed by atoms with van der Waals surface area (Å²) in [4.78, 5) is 14.8. The lowest BCUT2D eigenvalue weighted by atomic mass is 10.3. The van der Waals surface area contributed by atoms with Crippen LogP contribution in [-0.4, -0.2) is 18.4 Å². The monoisotopic (exact) mass is 207 g/mol. The highest BCUT2D eigenvalue weighted by molar-refractivity contribution is 7.13. The third kappa shape index (κ3) is 1.44. The zero-order chi connectivity index (χ0) is 9.97. The lowest BCUT2D eigenvalue weighted by molar-refractivity contribution is 0.111. The van der Waals surface area contributed by atoms with Crippen LogP contribution in [0.4, 0.5) is 0 Å². The van der Waals surface area contributed by atoms with Crippen molar-refractivity contribution >= 4 is 17.6 Å². The summed E-state index contributed by atoms with van der Waals surface area (Å²) in [6.07, 6.45) is 0.760. The van der Waals surface area contributed by atoms with Crippen LogP contribution in [0.15, 0.2) is 23.6 Å². The molecule has 2 aromatic heterocycles. The molecule has 2 rings (SSSR count). The van der Waals surface area contributed by atoms with Crippen molar-refractivity contribution in [2.75, 3.05) is 7.11 Å². The van der Waals surface area contributed by atoms with Crippen LogP contribution in [-0.2, 0) is 0 Å². The Hall–Kier alpha value is -1.55. The van der Waals surface area contributed by atoms with Gasteiger partial charge in [0.25, 0.3) is 0 Å². The van der Waals surface area contributed by atoms with Gasteiger partial charge in [-0.25, -0.2) is 0 Å². The van der Waals surface area contributed by atoms with Crippen LogP contribution in [0, 0.1) is 0 Å². The molecule has 1 N–H and O–H groups in total. The molecule has 0 atom stereocenters. The first-order valence-electron chi connectivity index (χ1n) is 4.11. The molecule has 3 nitrogen and oxygen atoms in total. The fourth-order valence-corrected chi connectivity index (χ4v) is 1.97. The molecular weight excluding hydrogens is 198 g/mol. The maximum absolute atomic E-state index is 10.7. The number of aldehydes is 1. The average molecular weight is 207 g/mol. The standard InChI is InChI=1S/C10H9NO2S/c1-13-9-5-7(11-8(9)6-12)10-3-2-4-14-10/h2-6,11H,1H3. The number of rotatable bonds is 3. The molecule has 0 unspecified atom stereocenters. The molecule has 14 heavy (non-hydrogen) atoms. The van der Waals surface area contributed by atoms with E-state index in [2.05, 4.69) is 4.98 Å². The third-order valence-corrected chi connectivity index (χ3v) is 2.84. The molecule has 2 aromatic rings. The topological polar surface area (TPSA) is 42.1 Å². The van der Waals surface area contributed by atoms with Crippen LogP contribution >= 0.6 is 11.3 Å². The SMILES string of the molecule is COc1cc(-c2cccs2)[nH]c1C=O. The molecule has 0 aromatic carbocycles. The molecular formula is C10H9NO2S. The Morgan fingerprint density at radius 1 is 1.57 bits per heavy atom. The number of aromatic amines is 1. The van der Waals surface area contributed by atoms with Gasteiger partial charge in [-0.05, 0) is 11.4 Å². The number of H-pyrrole nitrogens is 1. The van der Waals surface area contributed by atoms with Crippen molar-refractivity contribution in [3.63, 3.8) is 0 Å². The maximum Gasteiger partial charge on any atom is 0.170 e. The van der Waals surface area contributed by atoms with Gasteiger partial charge in [-0.3, -0.25) is 4.79 Å². The molecule has 0 fully saturated rings. The molecule has 4 heteroatoms. The molecule has 2 heterocycles. The van der Waals surface area contributed by atoms with Crippen molar-refractivity contribution in [3.8, 4) is 16.3 Å². The van der Waals surface area contributed by atoms with Gasteiger partial charge in [0, 0.05) is 6.07 Å². The Kier molecular flexibility index (Phi) is 2.37. The second-order valence-electron chi connectivity index (χ2n) is 2.76. The molecule has 0 saturated heterocycles. The minimum Gasteiger partial charge on any atom is -0.494 e. The van der Waals surface area contributed by atoms with Crippen LogP contribution < -0.4 is 4.74 Å². The quantitative estimate of drug-likeness (QED) is 0.786. The van der Waals surface area contributed by atoms with Crippen molar-refractivity contribution in [1.29, 1.82) is 0 Å². The minimum atomic E-state index is 0.482. The summed E-state index contributed by atoms with van der Waals surface area (Å²) in [6.45, 7) is 0. The maximum atomic E-state index is 10.7. The van der Waals surface area contributed by atoms with Crippen molar-refractivity contribution < 1.29 is 9.53 Å². The number of carbonyl (C=O) groups excluding carboxylic acids is 1. The zero-order valence-electron chi connectivity index (χ0n) is 7.61. The van der Waals surface area contributed by atoms with E-state index >= 15 is 0 Å². The summed E-state index contributed by atoms with van der Waals surface area (Å²) in [6, 6.07) is 5.79. The van der Waals surface area contributed by atoms with Crippen molar-refractivity contribution in [2.24, 2.45) is 0 Å².